The van der Waals surface area contributed by atoms with Gasteiger partial charge in [-0.25, -0.2) is 0 Å². The fourth-order valence-electron chi connectivity index (χ4n) is 3.02. The average molecular weight is 326 g/mol. The summed E-state index contributed by atoms with van der Waals surface area (Å²) < 4.78 is 1.08. The van der Waals surface area contributed by atoms with E-state index in [2.05, 4.69) is 47.2 Å². The quantitative estimate of drug-likeness (QED) is 0.857. The molecule has 19 heavy (non-hydrogen) atoms. The van der Waals surface area contributed by atoms with Gasteiger partial charge in [0.15, 0.2) is 0 Å². The topological polar surface area (TPSA) is 32.3 Å². The minimum Gasteiger partial charge on any atom is -0.394 e. The van der Waals surface area contributed by atoms with Crippen molar-refractivity contribution in [2.24, 2.45) is 11.8 Å². The molecule has 0 saturated heterocycles. The van der Waals surface area contributed by atoms with Crippen molar-refractivity contribution in [2.75, 3.05) is 11.9 Å². The molecule has 3 heteroatoms. The monoisotopic (exact) mass is 325 g/mol. The van der Waals surface area contributed by atoms with Crippen molar-refractivity contribution in [3.05, 3.63) is 28.7 Å². The lowest BCUT2D eigenvalue weighted by Crippen LogP contribution is -2.45. The van der Waals surface area contributed by atoms with E-state index in [0.29, 0.717) is 0 Å². The largest absolute Gasteiger partial charge is 0.394 e. The maximum atomic E-state index is 9.81. The molecule has 1 aliphatic carbocycles. The van der Waals surface area contributed by atoms with Crippen molar-refractivity contribution in [1.29, 1.82) is 0 Å². The van der Waals surface area contributed by atoms with E-state index < -0.39 is 0 Å². The van der Waals surface area contributed by atoms with E-state index in [4.69, 9.17) is 0 Å². The van der Waals surface area contributed by atoms with Crippen LogP contribution in [0.15, 0.2) is 28.7 Å². The Morgan fingerprint density at radius 2 is 1.84 bits per heavy atom. The van der Waals surface area contributed by atoms with Crippen LogP contribution in [0.5, 0.6) is 0 Å². The molecule has 0 radical (unpaired) electrons. The summed E-state index contributed by atoms with van der Waals surface area (Å²) in [6, 6.07) is 8.20. The van der Waals surface area contributed by atoms with Crippen molar-refractivity contribution in [3.8, 4) is 0 Å². The summed E-state index contributed by atoms with van der Waals surface area (Å²) in [5, 5.41) is 13.4. The maximum Gasteiger partial charge on any atom is 0.0661 e. The lowest BCUT2D eigenvalue weighted by atomic mass is 9.73. The minimum atomic E-state index is -0.126. The van der Waals surface area contributed by atoms with Crippen LogP contribution in [0.2, 0.25) is 0 Å². The van der Waals surface area contributed by atoms with Crippen molar-refractivity contribution >= 4 is 21.6 Å². The second-order valence-electron chi connectivity index (χ2n) is 6.15. The van der Waals surface area contributed by atoms with Crippen LogP contribution in [0.1, 0.15) is 39.5 Å². The van der Waals surface area contributed by atoms with Crippen LogP contribution < -0.4 is 5.32 Å². The molecule has 0 bridgehead atoms. The molecule has 0 unspecified atom stereocenters. The van der Waals surface area contributed by atoms with Crippen molar-refractivity contribution in [1.82, 2.24) is 0 Å². The normalized spacial score (nSPS) is 27.5. The molecular weight excluding hydrogens is 302 g/mol. The van der Waals surface area contributed by atoms with Gasteiger partial charge in [-0.15, -0.1) is 0 Å². The molecule has 0 aromatic heterocycles. The summed E-state index contributed by atoms with van der Waals surface area (Å²) >= 11 is 3.45. The molecule has 106 valence electrons. The Kier molecular flexibility index (Phi) is 4.91. The van der Waals surface area contributed by atoms with E-state index in [1.165, 1.54) is 12.8 Å². The zero-order valence-corrected chi connectivity index (χ0v) is 13.4. The van der Waals surface area contributed by atoms with Gasteiger partial charge in [0.25, 0.3) is 0 Å². The standard InChI is InChI=1S/C16H24BrNO/c1-12(2)13-7-9-16(11-19,10-8-13)18-15-5-3-14(17)4-6-15/h3-6,12-13,18-19H,7-11H2,1-2H3. The second-order valence-corrected chi connectivity index (χ2v) is 7.07. The highest BCUT2D eigenvalue weighted by Crippen LogP contribution is 2.37. The highest BCUT2D eigenvalue weighted by molar-refractivity contribution is 9.10. The van der Waals surface area contributed by atoms with Crippen LogP contribution in [0.25, 0.3) is 0 Å². The molecule has 1 aliphatic rings. The first kappa shape index (κ1) is 14.9. The Morgan fingerprint density at radius 3 is 2.32 bits per heavy atom. The van der Waals surface area contributed by atoms with Crippen LogP contribution in [0, 0.1) is 11.8 Å². The van der Waals surface area contributed by atoms with Crippen LogP contribution in [-0.2, 0) is 0 Å². The van der Waals surface area contributed by atoms with Crippen molar-refractivity contribution in [3.63, 3.8) is 0 Å². The smallest absolute Gasteiger partial charge is 0.0661 e. The predicted octanol–water partition coefficient (Wildman–Crippen LogP) is 4.44. The molecule has 1 fully saturated rings. The first-order valence-corrected chi connectivity index (χ1v) is 7.98. The average Bonchev–Trinajstić information content (AvgIpc) is 2.42. The Balaban J connectivity index is 2.02. The number of hydrogen-bond acceptors (Lipinski definition) is 2. The van der Waals surface area contributed by atoms with E-state index in [-0.39, 0.29) is 12.1 Å². The number of hydrogen-bond donors (Lipinski definition) is 2. The Bertz CT molecular complexity index is 394. The first-order chi connectivity index (χ1) is 9.04. The van der Waals surface area contributed by atoms with Gasteiger partial charge in [0.2, 0.25) is 0 Å². The summed E-state index contributed by atoms with van der Waals surface area (Å²) in [5.41, 5.74) is 0.972. The van der Waals surface area contributed by atoms with Gasteiger partial charge < -0.3 is 10.4 Å². The zero-order valence-electron chi connectivity index (χ0n) is 11.8. The molecule has 2 N–H and O–H groups in total. The third kappa shape index (κ3) is 3.73. The molecule has 1 aromatic rings. The number of benzene rings is 1. The van der Waals surface area contributed by atoms with Gasteiger partial charge in [-0.3, -0.25) is 0 Å². The Hall–Kier alpha value is -0.540. The van der Waals surface area contributed by atoms with E-state index in [0.717, 1.165) is 34.8 Å². The van der Waals surface area contributed by atoms with Gasteiger partial charge in [0.1, 0.15) is 0 Å². The van der Waals surface area contributed by atoms with Crippen LogP contribution >= 0.6 is 15.9 Å². The van der Waals surface area contributed by atoms with Gasteiger partial charge in [-0.05, 0) is 61.8 Å². The van der Waals surface area contributed by atoms with E-state index in [1.807, 2.05) is 12.1 Å². The van der Waals surface area contributed by atoms with Crippen LogP contribution in [-0.4, -0.2) is 17.3 Å². The molecular formula is C16H24BrNO. The van der Waals surface area contributed by atoms with Gasteiger partial charge in [0, 0.05) is 10.2 Å². The van der Waals surface area contributed by atoms with Crippen molar-refractivity contribution in [2.45, 2.75) is 45.1 Å². The third-order valence-electron chi connectivity index (χ3n) is 4.49. The molecule has 1 saturated carbocycles. The summed E-state index contributed by atoms with van der Waals surface area (Å²) in [4.78, 5) is 0. The van der Waals surface area contributed by atoms with Crippen LogP contribution in [0.4, 0.5) is 5.69 Å². The fourth-order valence-corrected chi connectivity index (χ4v) is 3.29. The molecule has 0 spiro atoms. The number of rotatable bonds is 4. The second kappa shape index (κ2) is 6.27. The number of nitrogens with one attached hydrogen (secondary N) is 1. The highest BCUT2D eigenvalue weighted by atomic mass is 79.9. The molecule has 0 aliphatic heterocycles. The SMILES string of the molecule is CC(C)C1CCC(CO)(Nc2ccc(Br)cc2)CC1. The van der Waals surface area contributed by atoms with E-state index in [9.17, 15) is 5.11 Å². The fraction of sp³-hybridized carbons (Fsp3) is 0.625. The Morgan fingerprint density at radius 1 is 1.26 bits per heavy atom. The number of anilines is 1. The number of halogens is 1. The lowest BCUT2D eigenvalue weighted by Gasteiger charge is -2.41. The molecule has 0 heterocycles. The summed E-state index contributed by atoms with van der Waals surface area (Å²) in [7, 11) is 0. The summed E-state index contributed by atoms with van der Waals surface area (Å²) in [5.74, 6) is 1.57. The molecule has 2 nitrogen and oxygen atoms in total. The molecule has 1 aromatic carbocycles. The van der Waals surface area contributed by atoms with Gasteiger partial charge >= 0.3 is 0 Å². The summed E-state index contributed by atoms with van der Waals surface area (Å²) in [6.07, 6.45) is 4.54. The molecule has 0 atom stereocenters. The zero-order chi connectivity index (χ0) is 13.9. The van der Waals surface area contributed by atoms with E-state index in [1.54, 1.807) is 0 Å². The first-order valence-electron chi connectivity index (χ1n) is 7.19. The molecule has 0 amide bonds. The van der Waals surface area contributed by atoms with Crippen LogP contribution in [0.3, 0.4) is 0 Å². The predicted molar refractivity (Wildman–Crippen MR) is 84.4 cm³/mol. The van der Waals surface area contributed by atoms with Gasteiger partial charge in [-0.2, -0.15) is 0 Å². The van der Waals surface area contributed by atoms with E-state index >= 15 is 0 Å². The van der Waals surface area contributed by atoms with Gasteiger partial charge in [0.05, 0.1) is 12.1 Å². The maximum absolute atomic E-state index is 9.81. The Labute approximate surface area is 124 Å². The minimum absolute atomic E-state index is 0.126. The summed E-state index contributed by atoms with van der Waals surface area (Å²) in [6.45, 7) is 4.82. The van der Waals surface area contributed by atoms with Gasteiger partial charge in [-0.1, -0.05) is 29.8 Å². The third-order valence-corrected chi connectivity index (χ3v) is 5.02. The number of aliphatic hydroxyl groups is 1. The molecule has 2 rings (SSSR count). The number of aliphatic hydroxyl groups excluding tert-OH is 1. The lowest BCUT2D eigenvalue weighted by molar-refractivity contribution is 0.136. The van der Waals surface area contributed by atoms with Crippen molar-refractivity contribution < 1.29 is 5.11 Å². The highest BCUT2D eigenvalue weighted by Gasteiger charge is 2.35.